The molecule has 73 heavy (non-hydrogen) atoms. The first-order valence-corrected chi connectivity index (χ1v) is 24.2. The number of pyridine rings is 1. The van der Waals surface area contributed by atoms with Crippen LogP contribution in [-0.2, 0) is 49.9 Å². The van der Waals surface area contributed by atoms with Gasteiger partial charge in [-0.1, -0.05) is 127 Å². The van der Waals surface area contributed by atoms with E-state index in [9.17, 15) is 52.7 Å². The largest absolute Gasteiger partial charge is 4.00 e. The first-order valence-electron chi connectivity index (χ1n) is 18.6. The van der Waals surface area contributed by atoms with E-state index in [-0.39, 0.29) is 66.0 Å². The van der Waals surface area contributed by atoms with Crippen molar-refractivity contribution in [2.24, 2.45) is 9.98 Å². The Hall–Kier alpha value is -4.85. The number of alkyl halides is 12. The molecule has 0 fully saturated rings. The number of hydrogen-bond acceptors (Lipinski definition) is 17. The molecule has 34 heteroatoms. The third kappa shape index (κ3) is 19.4. The van der Waals surface area contributed by atoms with Gasteiger partial charge in [0.25, 0.3) is 0 Å². The van der Waals surface area contributed by atoms with Gasteiger partial charge in [-0.25, -0.2) is 48.6 Å². The van der Waals surface area contributed by atoms with Crippen molar-refractivity contribution in [2.45, 2.75) is 46.3 Å². The van der Waals surface area contributed by atoms with E-state index in [1.165, 1.54) is 0 Å². The van der Waals surface area contributed by atoms with Gasteiger partial charge >= 0.3 is 63.8 Å². The van der Waals surface area contributed by atoms with E-state index in [2.05, 4.69) is 48.5 Å². The molecule has 4 atom stereocenters. The molecule has 394 valence electrons. The monoisotopic (exact) mass is 1260 g/mol. The zero-order valence-corrected chi connectivity index (χ0v) is 41.7. The average Bonchev–Trinajstić information content (AvgIpc) is 3.93. The van der Waals surface area contributed by atoms with Gasteiger partial charge in [-0.15, -0.1) is 0 Å². The summed E-state index contributed by atoms with van der Waals surface area (Å²) in [4.78, 5) is 15.0. The first-order chi connectivity index (χ1) is 32.8. The summed E-state index contributed by atoms with van der Waals surface area (Å²) in [7, 11) is -24.4. The molecule has 2 aliphatic heterocycles. The number of benzene rings is 4. The maximum atomic E-state index is 10.7. The van der Waals surface area contributed by atoms with E-state index in [1.807, 2.05) is 91.0 Å². The summed E-state index contributed by atoms with van der Waals surface area (Å²) in [5, 5.41) is 0. The van der Waals surface area contributed by atoms with Gasteiger partial charge in [0.2, 0.25) is 11.8 Å². The van der Waals surface area contributed by atoms with Crippen LogP contribution in [0.2, 0.25) is 0 Å². The van der Waals surface area contributed by atoms with Crippen molar-refractivity contribution in [1.29, 1.82) is 0 Å². The molecule has 0 radical (unpaired) electrons. The van der Waals surface area contributed by atoms with E-state index < -0.39 is 62.5 Å². The summed E-state index contributed by atoms with van der Waals surface area (Å²) < 4.78 is 249. The molecule has 0 unspecified atom stereocenters. The van der Waals surface area contributed by atoms with Gasteiger partial charge in [-0.3, -0.25) is 0 Å². The van der Waals surface area contributed by atoms with Crippen LogP contribution in [0.25, 0.3) is 0 Å². The van der Waals surface area contributed by atoms with Gasteiger partial charge in [0.15, 0.2) is 52.7 Å². The molecule has 4 aromatic carbocycles. The summed E-state index contributed by atoms with van der Waals surface area (Å²) in [6.07, 6.45) is -0.483. The Bertz CT molecular complexity index is 2820. The van der Waals surface area contributed by atoms with Crippen molar-refractivity contribution in [3.05, 3.63) is 173 Å². The van der Waals surface area contributed by atoms with Crippen LogP contribution in [-0.4, -0.2) is 90.7 Å². The second-order valence-corrected chi connectivity index (χ2v) is 19.0. The van der Waals surface area contributed by atoms with Crippen LogP contribution in [0.3, 0.4) is 0 Å². The standard InChI is InChI=1S/C35H27N3O2.4CHF3O3S.Ce/c1-5-14-24(15-6-1)30-32(26-18-9-3-10-19-26)39-34(37-30)28-22-13-23-29(36-28)35-38-31(25-16-7-2-8-17-25)33(40-35)27-20-11-4-12-21-27;4*2-1(3,4)8(5,6)7;/h1-23,30-33H;4*(H,5,6,7);/q;;;;;+4/p-4/t30-,31-,32+,33+;;;;;/m1...../s1. The molecular formula is C39H27CeF12N3O14S4. The summed E-state index contributed by atoms with van der Waals surface area (Å²) in [5.41, 5.74) is -16.9. The smallest absolute Gasteiger partial charge is 0.741 e. The minimum Gasteiger partial charge on any atom is -0.741 e. The molecule has 0 aliphatic carbocycles. The quantitative estimate of drug-likeness (QED) is 0.0890. The first kappa shape index (κ1) is 64.3. The van der Waals surface area contributed by atoms with Crippen molar-refractivity contribution in [3.8, 4) is 0 Å². The van der Waals surface area contributed by atoms with Crippen molar-refractivity contribution in [3.63, 3.8) is 0 Å². The van der Waals surface area contributed by atoms with Gasteiger partial charge in [0.05, 0.1) is 0 Å². The van der Waals surface area contributed by atoms with Crippen LogP contribution in [0, 0.1) is 41.7 Å². The number of halogens is 12. The van der Waals surface area contributed by atoms with Gasteiger partial charge in [-0.2, -0.15) is 52.7 Å². The van der Waals surface area contributed by atoms with Gasteiger partial charge in [-0.05, 0) is 34.4 Å². The molecule has 5 aromatic rings. The maximum absolute atomic E-state index is 10.7. The number of hydrogen-bond donors (Lipinski definition) is 0. The summed E-state index contributed by atoms with van der Waals surface area (Å²) in [5.74, 6) is 1.03. The number of ether oxygens (including phenoxy) is 2. The Morgan fingerprint density at radius 1 is 0.356 bits per heavy atom. The maximum Gasteiger partial charge on any atom is 4.00 e. The molecule has 7 rings (SSSR count). The van der Waals surface area contributed by atoms with Crippen molar-refractivity contribution >= 4 is 52.3 Å². The van der Waals surface area contributed by atoms with Gasteiger partial charge in [0, 0.05) is 0 Å². The van der Waals surface area contributed by atoms with E-state index in [1.54, 1.807) is 0 Å². The Kier molecular flexibility index (Phi) is 22.5. The minimum absolute atomic E-state index is 0. The molecule has 0 bridgehead atoms. The molecule has 0 spiro atoms. The van der Waals surface area contributed by atoms with Crippen LogP contribution in [0.5, 0.6) is 0 Å². The number of aromatic nitrogens is 1. The van der Waals surface area contributed by atoms with E-state index in [4.69, 9.17) is 76.3 Å². The normalized spacial score (nSPS) is 18.0. The molecule has 0 amide bonds. The van der Waals surface area contributed by atoms with E-state index in [0.29, 0.717) is 23.2 Å². The molecule has 1 aromatic heterocycles. The van der Waals surface area contributed by atoms with Crippen molar-refractivity contribution in [2.75, 3.05) is 0 Å². The third-order valence-corrected chi connectivity index (χ3v) is 10.7. The van der Waals surface area contributed by atoms with Crippen molar-refractivity contribution in [1.82, 2.24) is 4.98 Å². The number of nitrogens with zero attached hydrogens (tertiary/aromatic N) is 3. The van der Waals surface area contributed by atoms with E-state index in [0.717, 1.165) is 22.3 Å². The predicted molar refractivity (Wildman–Crippen MR) is 219 cm³/mol. The molecular weight excluding hydrogens is 1230 g/mol. The Balaban J connectivity index is 0.000000450. The fraction of sp³-hybridized carbons (Fsp3) is 0.205. The molecule has 3 heterocycles. The molecule has 0 saturated carbocycles. The van der Waals surface area contributed by atoms with Crippen LogP contribution in [0.15, 0.2) is 150 Å². The Morgan fingerprint density at radius 2 is 0.562 bits per heavy atom. The van der Waals surface area contributed by atoms with Crippen LogP contribution >= 0.6 is 0 Å². The molecule has 17 nitrogen and oxygen atoms in total. The summed E-state index contributed by atoms with van der Waals surface area (Å²) in [6.45, 7) is 0. The number of rotatable bonds is 6. The Labute approximate surface area is 439 Å². The van der Waals surface area contributed by atoms with Crippen molar-refractivity contribution < 1.29 is 156 Å². The zero-order valence-electron chi connectivity index (χ0n) is 35.3. The summed E-state index contributed by atoms with van der Waals surface area (Å²) >= 11 is 0. The van der Waals surface area contributed by atoms with Gasteiger partial charge < -0.3 is 27.7 Å². The molecule has 0 N–H and O–H groups in total. The zero-order chi connectivity index (χ0) is 54.7. The number of aliphatic imine (C=N–C) groups is 2. The van der Waals surface area contributed by atoms with E-state index >= 15 is 0 Å². The second-order valence-electron chi connectivity index (χ2n) is 13.5. The van der Waals surface area contributed by atoms with Crippen LogP contribution < -0.4 is 0 Å². The molecule has 0 saturated heterocycles. The minimum atomic E-state index is -6.09. The van der Waals surface area contributed by atoms with Gasteiger partial charge in [0.1, 0.15) is 23.5 Å². The fourth-order valence-electron chi connectivity index (χ4n) is 5.33. The fourth-order valence-corrected chi connectivity index (χ4v) is 5.33. The average molecular weight is 1260 g/mol. The predicted octanol–water partition coefficient (Wildman–Crippen LogP) is 7.81. The molecule has 2 aliphatic rings. The van der Waals surface area contributed by atoms with Crippen LogP contribution in [0.1, 0.15) is 57.9 Å². The topological polar surface area (TPSA) is 285 Å². The second kappa shape index (κ2) is 25.6. The Morgan fingerprint density at radius 3 is 0.767 bits per heavy atom. The summed E-state index contributed by atoms with van der Waals surface area (Å²) in [6, 6.07) is 46.4. The third-order valence-electron chi connectivity index (χ3n) is 8.42. The van der Waals surface area contributed by atoms with Crippen LogP contribution in [0.4, 0.5) is 52.7 Å². The SMILES string of the molecule is O=S(=O)([O-])C(F)(F)F.O=S(=O)([O-])C(F)(F)F.O=S(=O)([O-])C(F)(F)F.O=S(=O)([O-])C(F)(F)F.[Ce+4].c1ccc([C@H]2N=C(c3cccc(C4=N[C@H](c5ccccc5)[C@H](c5ccccc5)O4)n3)O[C@H]2c2ccccc2)cc1.